The number of hydrogen-bond donors (Lipinski definition) is 4. The third-order valence-electron chi connectivity index (χ3n) is 8.50. The highest BCUT2D eigenvalue weighted by Gasteiger charge is 2.34. The zero-order valence-electron chi connectivity index (χ0n) is 24.4. The van der Waals surface area contributed by atoms with E-state index in [-0.39, 0.29) is 37.0 Å². The minimum absolute atomic E-state index is 0.0811. The van der Waals surface area contributed by atoms with Crippen LogP contribution in [0.25, 0.3) is 22.0 Å². The van der Waals surface area contributed by atoms with Crippen LogP contribution in [-0.4, -0.2) is 70.0 Å². The van der Waals surface area contributed by atoms with Gasteiger partial charge >= 0.3 is 0 Å². The Bertz CT molecular complexity index is 1790. The Kier molecular flexibility index (Phi) is 8.10. The first-order valence-corrected chi connectivity index (χ1v) is 14.7. The lowest BCUT2D eigenvalue weighted by atomic mass is 9.97. The molecule has 0 unspecified atom stereocenters. The number of carbonyl (C=O) groups excluding carboxylic acids is 1. The Balaban J connectivity index is 1.61. The first kappa shape index (κ1) is 29.7. The fourth-order valence-electron chi connectivity index (χ4n) is 6.24. The highest BCUT2D eigenvalue weighted by atomic mass is 19.1. The summed E-state index contributed by atoms with van der Waals surface area (Å²) in [5, 5.41) is 20.4. The summed E-state index contributed by atoms with van der Waals surface area (Å²) in [5.74, 6) is -2.26. The van der Waals surface area contributed by atoms with Crippen LogP contribution < -0.4 is 26.0 Å². The van der Waals surface area contributed by atoms with Crippen molar-refractivity contribution in [2.24, 2.45) is 18.7 Å². The fourth-order valence-corrected chi connectivity index (χ4v) is 6.24. The average molecular weight is 608 g/mol. The highest BCUT2D eigenvalue weighted by Crippen LogP contribution is 2.49. The summed E-state index contributed by atoms with van der Waals surface area (Å²) in [6.07, 6.45) is 6.04. The maximum atomic E-state index is 15.4. The number of unbranched alkanes of at least 4 members (excludes halogenated alkanes) is 1. The van der Waals surface area contributed by atoms with Gasteiger partial charge < -0.3 is 40.2 Å². The van der Waals surface area contributed by atoms with Crippen LogP contribution >= 0.6 is 0 Å². The summed E-state index contributed by atoms with van der Waals surface area (Å²) in [6, 6.07) is 4.51. The Labute approximate surface area is 252 Å². The van der Waals surface area contributed by atoms with E-state index in [1.54, 1.807) is 29.2 Å². The van der Waals surface area contributed by atoms with Crippen molar-refractivity contribution in [1.82, 2.24) is 14.5 Å². The first-order valence-electron chi connectivity index (χ1n) is 14.7. The van der Waals surface area contributed by atoms with Crippen molar-refractivity contribution in [3.05, 3.63) is 64.3 Å². The number of fused-ring (bicyclic) bond motifs is 3. The standard InChI is InChI=1S/C31H35F2N7O4/c1-37-15-22-21-9-25-26(39(27(43)4-2-3-5-34)7-6-38(25)13-18(16-41)17-42)10-24(21)40(30-23(33)8-20(32)12-36-30)14-19-11-35-29(28(19)22)31(37)44/h8-12,15,18,35,41-42H,2-7,13-14,16-17,34H2,1H3. The van der Waals surface area contributed by atoms with Gasteiger partial charge in [-0.2, -0.15) is 0 Å². The molecule has 3 aromatic heterocycles. The van der Waals surface area contributed by atoms with E-state index in [0.717, 1.165) is 17.8 Å². The van der Waals surface area contributed by atoms with Crippen LogP contribution in [0, 0.1) is 17.6 Å². The molecule has 5 heterocycles. The summed E-state index contributed by atoms with van der Waals surface area (Å²) in [5.41, 5.74) is 9.74. The van der Waals surface area contributed by atoms with Crippen molar-refractivity contribution in [3.8, 4) is 11.1 Å². The van der Waals surface area contributed by atoms with Crippen molar-refractivity contribution in [3.63, 3.8) is 0 Å². The predicted octanol–water partition coefficient (Wildman–Crippen LogP) is 2.74. The lowest BCUT2D eigenvalue weighted by Gasteiger charge is -2.40. The number of halogens is 2. The normalized spacial score (nSPS) is 14.3. The Morgan fingerprint density at radius 3 is 2.61 bits per heavy atom. The molecule has 11 nitrogen and oxygen atoms in total. The molecule has 0 bridgehead atoms. The number of aliphatic hydroxyl groups is 2. The number of amides is 1. The van der Waals surface area contributed by atoms with Crippen LogP contribution in [-0.2, 0) is 18.4 Å². The predicted molar refractivity (Wildman–Crippen MR) is 164 cm³/mol. The van der Waals surface area contributed by atoms with Crippen LogP contribution in [0.3, 0.4) is 0 Å². The monoisotopic (exact) mass is 607 g/mol. The van der Waals surface area contributed by atoms with E-state index in [1.807, 2.05) is 17.0 Å². The van der Waals surface area contributed by atoms with Crippen LogP contribution in [0.5, 0.6) is 0 Å². The van der Waals surface area contributed by atoms with Crippen molar-refractivity contribution in [1.29, 1.82) is 0 Å². The third-order valence-corrected chi connectivity index (χ3v) is 8.50. The lowest BCUT2D eigenvalue weighted by molar-refractivity contribution is -0.118. The second kappa shape index (κ2) is 12.0. The second-order valence-electron chi connectivity index (χ2n) is 11.4. The van der Waals surface area contributed by atoms with Gasteiger partial charge in [0.25, 0.3) is 5.56 Å². The molecule has 0 aliphatic carbocycles. The number of nitrogens with two attached hydrogens (primary N) is 1. The molecule has 5 N–H and O–H groups in total. The molecule has 2 aliphatic rings. The summed E-state index contributed by atoms with van der Waals surface area (Å²) in [4.78, 5) is 39.2. The number of rotatable bonds is 9. The van der Waals surface area contributed by atoms with Crippen molar-refractivity contribution >= 4 is 39.7 Å². The van der Waals surface area contributed by atoms with Gasteiger partial charge in [0.15, 0.2) is 11.6 Å². The topological polar surface area (TPSA) is 144 Å². The maximum Gasteiger partial charge on any atom is 0.274 e. The van der Waals surface area contributed by atoms with Crippen LogP contribution in [0.1, 0.15) is 24.8 Å². The van der Waals surface area contributed by atoms with Crippen molar-refractivity contribution < 1.29 is 23.8 Å². The van der Waals surface area contributed by atoms with E-state index >= 15 is 4.39 Å². The Hall–Kier alpha value is -4.33. The Morgan fingerprint density at radius 2 is 1.89 bits per heavy atom. The van der Waals surface area contributed by atoms with E-state index in [2.05, 4.69) is 9.97 Å². The molecule has 1 aromatic carbocycles. The molecular formula is C31H35F2N7O4. The first-order chi connectivity index (χ1) is 21.2. The number of aliphatic hydroxyl groups excluding tert-OH is 2. The zero-order chi connectivity index (χ0) is 31.1. The van der Waals surface area contributed by atoms with Gasteiger partial charge in [0.1, 0.15) is 11.3 Å². The van der Waals surface area contributed by atoms with Crippen LogP contribution in [0.15, 0.2) is 41.6 Å². The van der Waals surface area contributed by atoms with E-state index in [1.165, 1.54) is 4.57 Å². The van der Waals surface area contributed by atoms with E-state index < -0.39 is 17.6 Å². The van der Waals surface area contributed by atoms with Gasteiger partial charge in [0.2, 0.25) is 5.91 Å². The van der Waals surface area contributed by atoms with Gasteiger partial charge in [-0.1, -0.05) is 0 Å². The lowest BCUT2D eigenvalue weighted by Crippen LogP contribution is -2.46. The van der Waals surface area contributed by atoms with Gasteiger partial charge in [-0.05, 0) is 37.1 Å². The summed E-state index contributed by atoms with van der Waals surface area (Å²) in [6.45, 7) is 1.33. The average Bonchev–Trinajstić information content (AvgIpc) is 3.39. The number of pyridine rings is 2. The number of hydrogen-bond acceptors (Lipinski definition) is 8. The number of aromatic amines is 1. The molecule has 4 aromatic rings. The van der Waals surface area contributed by atoms with Gasteiger partial charge in [-0.15, -0.1) is 0 Å². The van der Waals surface area contributed by atoms with E-state index in [0.29, 0.717) is 84.5 Å². The van der Waals surface area contributed by atoms with E-state index in [9.17, 15) is 24.2 Å². The third kappa shape index (κ3) is 5.10. The van der Waals surface area contributed by atoms with Gasteiger partial charge in [0.05, 0.1) is 29.8 Å². The number of nitrogens with one attached hydrogen (secondary N) is 1. The molecule has 0 radical (unpaired) electrons. The quantitative estimate of drug-likeness (QED) is 0.213. The minimum atomic E-state index is -0.855. The number of anilines is 4. The molecule has 44 heavy (non-hydrogen) atoms. The van der Waals surface area contributed by atoms with Gasteiger partial charge in [0, 0.05) is 87.2 Å². The van der Waals surface area contributed by atoms with Crippen molar-refractivity contribution in [2.75, 3.05) is 54.1 Å². The highest BCUT2D eigenvalue weighted by molar-refractivity contribution is 6.06. The van der Waals surface area contributed by atoms with Crippen LogP contribution in [0.4, 0.5) is 31.7 Å². The molecule has 0 fully saturated rings. The van der Waals surface area contributed by atoms with Crippen LogP contribution in [0.2, 0.25) is 0 Å². The summed E-state index contributed by atoms with van der Waals surface area (Å²) < 4.78 is 30.8. The zero-order valence-corrected chi connectivity index (χ0v) is 24.4. The smallest absolute Gasteiger partial charge is 0.274 e. The fraction of sp³-hybridized carbons (Fsp3) is 0.387. The molecule has 0 saturated carbocycles. The number of carbonyl (C=O) groups is 1. The number of nitrogens with zero attached hydrogens (tertiary/aromatic N) is 5. The summed E-state index contributed by atoms with van der Waals surface area (Å²) in [7, 11) is 1.65. The molecular weight excluding hydrogens is 572 g/mol. The molecule has 0 spiro atoms. The van der Waals surface area contributed by atoms with E-state index in [4.69, 9.17) is 5.73 Å². The van der Waals surface area contributed by atoms with Gasteiger partial charge in [-0.25, -0.2) is 13.8 Å². The second-order valence-corrected chi connectivity index (χ2v) is 11.4. The largest absolute Gasteiger partial charge is 0.396 e. The minimum Gasteiger partial charge on any atom is -0.396 e. The Morgan fingerprint density at radius 1 is 1.09 bits per heavy atom. The number of aryl methyl sites for hydroxylation is 1. The SMILES string of the molecule is Cn1cc2c3c(c[nH]c3c1=O)CN(c1ncc(F)cc1F)c1cc3c(cc1-2)N(CC(CO)CO)CCN3C(=O)CCCCN. The van der Waals surface area contributed by atoms with Gasteiger partial charge in [-0.3, -0.25) is 9.59 Å². The molecule has 1 amide bonds. The van der Waals surface area contributed by atoms with Crippen molar-refractivity contribution in [2.45, 2.75) is 25.8 Å². The molecule has 232 valence electrons. The molecule has 0 saturated heterocycles. The molecule has 13 heteroatoms. The molecule has 2 aliphatic heterocycles. The maximum absolute atomic E-state index is 15.4. The molecule has 6 rings (SSSR count). The molecule has 0 atom stereocenters. The summed E-state index contributed by atoms with van der Waals surface area (Å²) >= 11 is 0. The number of H-pyrrole nitrogens is 1. The number of benzene rings is 1. The number of aromatic nitrogens is 3.